The molecule has 0 aromatic heterocycles. The van der Waals surface area contributed by atoms with Gasteiger partial charge in [-0.2, -0.15) is 0 Å². The van der Waals surface area contributed by atoms with Gasteiger partial charge in [0.2, 0.25) is 0 Å². The molecule has 126 valence electrons. The van der Waals surface area contributed by atoms with E-state index in [0.29, 0.717) is 13.1 Å². The number of benzene rings is 2. The van der Waals surface area contributed by atoms with E-state index < -0.39 is 5.82 Å². The number of piperazine rings is 1. The van der Waals surface area contributed by atoms with Crippen LogP contribution in [0.3, 0.4) is 0 Å². The molecule has 1 heterocycles. The van der Waals surface area contributed by atoms with E-state index in [1.165, 1.54) is 11.6 Å². The van der Waals surface area contributed by atoms with E-state index >= 15 is 0 Å². The minimum Gasteiger partial charge on any atom is -0.322 e. The van der Waals surface area contributed by atoms with Crippen LogP contribution in [0.4, 0.5) is 14.9 Å². The molecule has 3 rings (SSSR count). The number of para-hydroxylation sites is 1. The maximum atomic E-state index is 13.6. The smallest absolute Gasteiger partial charge is 0.322 e. The molecule has 0 aliphatic carbocycles. The third-order valence-electron chi connectivity index (χ3n) is 4.09. The number of nitrogens with one attached hydrogen (secondary N) is 1. The minimum atomic E-state index is -0.424. The van der Waals surface area contributed by atoms with E-state index in [-0.39, 0.29) is 11.7 Å². The third-order valence-corrected chi connectivity index (χ3v) is 4.35. The van der Waals surface area contributed by atoms with Crippen LogP contribution in [0.25, 0.3) is 0 Å². The van der Waals surface area contributed by atoms with Crippen LogP contribution in [-0.2, 0) is 6.54 Å². The second-order valence-electron chi connectivity index (χ2n) is 5.80. The van der Waals surface area contributed by atoms with Gasteiger partial charge in [0.25, 0.3) is 0 Å². The van der Waals surface area contributed by atoms with Gasteiger partial charge >= 0.3 is 6.03 Å². The molecule has 1 fully saturated rings. The first-order valence-electron chi connectivity index (χ1n) is 7.89. The van der Waals surface area contributed by atoms with Crippen LogP contribution in [0, 0.1) is 5.82 Å². The van der Waals surface area contributed by atoms with Crippen molar-refractivity contribution in [3.8, 4) is 0 Å². The normalized spacial score (nSPS) is 15.3. The van der Waals surface area contributed by atoms with E-state index in [2.05, 4.69) is 10.2 Å². The molecular formula is C18H19ClFN3O. The Morgan fingerprint density at radius 3 is 2.38 bits per heavy atom. The Hall–Kier alpha value is -2.11. The predicted octanol–water partition coefficient (Wildman–Crippen LogP) is 3.83. The van der Waals surface area contributed by atoms with Crippen molar-refractivity contribution in [2.45, 2.75) is 6.54 Å². The SMILES string of the molecule is O=C(Nc1ccccc1F)N1CCN(Cc2ccc(Cl)cc2)CC1. The third kappa shape index (κ3) is 4.24. The van der Waals surface area contributed by atoms with Crippen LogP contribution in [-0.4, -0.2) is 42.0 Å². The van der Waals surface area contributed by atoms with Crippen LogP contribution in [0.5, 0.6) is 0 Å². The van der Waals surface area contributed by atoms with Crippen molar-refractivity contribution in [1.82, 2.24) is 9.80 Å². The number of nitrogens with zero attached hydrogens (tertiary/aromatic N) is 2. The first-order chi connectivity index (χ1) is 11.6. The summed E-state index contributed by atoms with van der Waals surface area (Å²) in [6.45, 7) is 3.64. The number of rotatable bonds is 3. The minimum absolute atomic E-state index is 0.214. The lowest BCUT2D eigenvalue weighted by atomic mass is 10.2. The van der Waals surface area contributed by atoms with Gasteiger partial charge in [0.15, 0.2) is 0 Å². The lowest BCUT2D eigenvalue weighted by Gasteiger charge is -2.34. The molecule has 0 spiro atoms. The molecule has 4 nitrogen and oxygen atoms in total. The molecule has 2 aromatic rings. The van der Waals surface area contributed by atoms with Crippen molar-refractivity contribution >= 4 is 23.3 Å². The van der Waals surface area contributed by atoms with E-state index in [0.717, 1.165) is 24.7 Å². The number of carbonyl (C=O) groups is 1. The second kappa shape index (κ2) is 7.64. The molecule has 24 heavy (non-hydrogen) atoms. The lowest BCUT2D eigenvalue weighted by Crippen LogP contribution is -2.49. The molecule has 0 unspecified atom stereocenters. The van der Waals surface area contributed by atoms with Crippen molar-refractivity contribution in [2.24, 2.45) is 0 Å². The first kappa shape index (κ1) is 16.7. The van der Waals surface area contributed by atoms with E-state index in [1.807, 2.05) is 24.3 Å². The highest BCUT2D eigenvalue weighted by molar-refractivity contribution is 6.30. The van der Waals surface area contributed by atoms with Gasteiger partial charge in [-0.25, -0.2) is 9.18 Å². The number of hydrogen-bond acceptors (Lipinski definition) is 2. The van der Waals surface area contributed by atoms with Crippen molar-refractivity contribution in [3.63, 3.8) is 0 Å². The topological polar surface area (TPSA) is 35.6 Å². The van der Waals surface area contributed by atoms with E-state index in [4.69, 9.17) is 11.6 Å². The van der Waals surface area contributed by atoms with E-state index in [1.54, 1.807) is 23.1 Å². The summed E-state index contributed by atoms with van der Waals surface area (Å²) < 4.78 is 13.6. The van der Waals surface area contributed by atoms with Gasteiger partial charge in [0.1, 0.15) is 5.82 Å². The zero-order valence-electron chi connectivity index (χ0n) is 13.2. The highest BCUT2D eigenvalue weighted by Crippen LogP contribution is 2.15. The number of halogens is 2. The summed E-state index contributed by atoms with van der Waals surface area (Å²) in [5, 5.41) is 3.36. The molecule has 6 heteroatoms. The van der Waals surface area contributed by atoms with Crippen LogP contribution in [0.15, 0.2) is 48.5 Å². The number of carbonyl (C=O) groups excluding carboxylic acids is 1. The molecule has 2 amide bonds. The standard InChI is InChI=1S/C18H19ClFN3O/c19-15-7-5-14(6-8-15)13-22-9-11-23(12-10-22)18(24)21-17-4-2-1-3-16(17)20/h1-8H,9-13H2,(H,21,24). The van der Waals surface area contributed by atoms with Gasteiger partial charge in [-0.1, -0.05) is 35.9 Å². The average Bonchev–Trinajstić information content (AvgIpc) is 2.59. The summed E-state index contributed by atoms with van der Waals surface area (Å²) in [5.74, 6) is -0.424. The molecule has 1 N–H and O–H groups in total. The van der Waals surface area contributed by atoms with Crippen LogP contribution >= 0.6 is 11.6 Å². The Kier molecular flexibility index (Phi) is 5.33. The fourth-order valence-corrected chi connectivity index (χ4v) is 2.84. The summed E-state index contributed by atoms with van der Waals surface area (Å²) in [7, 11) is 0. The summed E-state index contributed by atoms with van der Waals surface area (Å²) in [6, 6.07) is 13.7. The largest absolute Gasteiger partial charge is 0.322 e. The molecule has 1 aliphatic rings. The molecule has 2 aromatic carbocycles. The van der Waals surface area contributed by atoms with E-state index in [9.17, 15) is 9.18 Å². The quantitative estimate of drug-likeness (QED) is 0.916. The molecule has 0 radical (unpaired) electrons. The van der Waals surface area contributed by atoms with Crippen LogP contribution in [0.1, 0.15) is 5.56 Å². The van der Waals surface area contributed by atoms with Crippen molar-refractivity contribution < 1.29 is 9.18 Å². The Morgan fingerprint density at radius 1 is 1.04 bits per heavy atom. The summed E-state index contributed by atoms with van der Waals surface area (Å²) >= 11 is 5.89. The van der Waals surface area contributed by atoms with Gasteiger partial charge in [0, 0.05) is 37.7 Å². The number of urea groups is 1. The summed E-state index contributed by atoms with van der Waals surface area (Å²) in [4.78, 5) is 16.2. The fourth-order valence-electron chi connectivity index (χ4n) is 2.71. The predicted molar refractivity (Wildman–Crippen MR) is 93.7 cm³/mol. The highest BCUT2D eigenvalue weighted by atomic mass is 35.5. The molecule has 0 saturated carbocycles. The van der Waals surface area contributed by atoms with Gasteiger partial charge in [-0.15, -0.1) is 0 Å². The monoisotopic (exact) mass is 347 g/mol. The number of anilines is 1. The summed E-state index contributed by atoms with van der Waals surface area (Å²) in [6.07, 6.45) is 0. The maximum absolute atomic E-state index is 13.6. The second-order valence-corrected chi connectivity index (χ2v) is 6.24. The van der Waals surface area contributed by atoms with Crippen LogP contribution < -0.4 is 5.32 Å². The molecule has 0 atom stereocenters. The summed E-state index contributed by atoms with van der Waals surface area (Å²) in [5.41, 5.74) is 1.41. The van der Waals surface area contributed by atoms with Crippen molar-refractivity contribution in [2.75, 3.05) is 31.5 Å². The van der Waals surface area contributed by atoms with Gasteiger partial charge in [-0.05, 0) is 29.8 Å². The lowest BCUT2D eigenvalue weighted by molar-refractivity contribution is 0.143. The Balaban J connectivity index is 1.50. The fraction of sp³-hybridized carbons (Fsp3) is 0.278. The molecular weight excluding hydrogens is 329 g/mol. The average molecular weight is 348 g/mol. The first-order valence-corrected chi connectivity index (χ1v) is 8.27. The molecule has 1 aliphatic heterocycles. The molecule has 1 saturated heterocycles. The zero-order valence-corrected chi connectivity index (χ0v) is 14.0. The van der Waals surface area contributed by atoms with Gasteiger partial charge < -0.3 is 10.2 Å². The van der Waals surface area contributed by atoms with Crippen molar-refractivity contribution in [1.29, 1.82) is 0 Å². The Bertz CT molecular complexity index is 700. The Morgan fingerprint density at radius 2 is 1.71 bits per heavy atom. The zero-order chi connectivity index (χ0) is 16.9. The number of amides is 2. The van der Waals surface area contributed by atoms with Gasteiger partial charge in [0.05, 0.1) is 5.69 Å². The Labute approximate surface area is 145 Å². The highest BCUT2D eigenvalue weighted by Gasteiger charge is 2.21. The maximum Gasteiger partial charge on any atom is 0.322 e. The molecule has 0 bridgehead atoms. The van der Waals surface area contributed by atoms with Gasteiger partial charge in [-0.3, -0.25) is 4.90 Å². The number of hydrogen-bond donors (Lipinski definition) is 1. The van der Waals surface area contributed by atoms with Crippen LogP contribution in [0.2, 0.25) is 5.02 Å². The van der Waals surface area contributed by atoms with Crippen molar-refractivity contribution in [3.05, 3.63) is 64.9 Å².